The zero-order chi connectivity index (χ0) is 12.8. The molecule has 2 aromatic carbocycles. The van der Waals surface area contributed by atoms with Gasteiger partial charge in [-0.05, 0) is 18.1 Å². The van der Waals surface area contributed by atoms with Gasteiger partial charge in [0.05, 0.1) is 6.17 Å². The molecule has 0 aliphatic heterocycles. The van der Waals surface area contributed by atoms with Crippen molar-refractivity contribution in [3.8, 4) is 0 Å². The molecule has 0 bridgehead atoms. The van der Waals surface area contributed by atoms with Crippen LogP contribution in [0.1, 0.15) is 30.3 Å². The van der Waals surface area contributed by atoms with E-state index in [1.165, 1.54) is 5.56 Å². The lowest BCUT2D eigenvalue weighted by Gasteiger charge is -2.20. The second-order valence-corrected chi connectivity index (χ2v) is 4.31. The first-order valence-electron chi connectivity index (χ1n) is 6.14. The third-order valence-corrected chi connectivity index (χ3v) is 2.91. The van der Waals surface area contributed by atoms with Crippen LogP contribution >= 0.6 is 0 Å². The van der Waals surface area contributed by atoms with E-state index in [4.69, 9.17) is 5.73 Å². The van der Waals surface area contributed by atoms with E-state index < -0.39 is 0 Å². The summed E-state index contributed by atoms with van der Waals surface area (Å²) < 4.78 is 0. The van der Waals surface area contributed by atoms with Crippen molar-refractivity contribution < 1.29 is 0 Å². The monoisotopic (exact) mass is 241 g/mol. The number of nitrogens with one attached hydrogen (secondary N) is 2. The lowest BCUT2D eigenvalue weighted by Crippen LogP contribution is -2.41. The van der Waals surface area contributed by atoms with Gasteiger partial charge in [0.15, 0.2) is 0 Å². The fraction of sp³-hybridized carbons (Fsp3) is 0.200. The summed E-state index contributed by atoms with van der Waals surface area (Å²) in [5.74, 6) is 0. The highest BCUT2D eigenvalue weighted by Gasteiger charge is 2.07. The molecule has 0 radical (unpaired) electrons. The highest BCUT2D eigenvalue weighted by molar-refractivity contribution is 5.19. The van der Waals surface area contributed by atoms with Crippen LogP contribution in [0.4, 0.5) is 0 Å². The summed E-state index contributed by atoms with van der Waals surface area (Å²) in [5, 5.41) is 0. The van der Waals surface area contributed by atoms with Gasteiger partial charge in [0.25, 0.3) is 0 Å². The van der Waals surface area contributed by atoms with Gasteiger partial charge < -0.3 is 5.73 Å². The molecule has 0 aliphatic carbocycles. The Labute approximate surface area is 108 Å². The number of nitrogens with two attached hydrogens (primary N) is 1. The van der Waals surface area contributed by atoms with E-state index in [1.54, 1.807) is 0 Å². The fourth-order valence-electron chi connectivity index (χ4n) is 1.78. The molecular formula is C15H19N3. The Morgan fingerprint density at radius 3 is 1.83 bits per heavy atom. The maximum Gasteiger partial charge on any atom is 0.0938 e. The van der Waals surface area contributed by atoms with Crippen LogP contribution < -0.4 is 16.6 Å². The van der Waals surface area contributed by atoms with Gasteiger partial charge in [-0.1, -0.05) is 60.7 Å². The third kappa shape index (κ3) is 3.40. The first-order valence-corrected chi connectivity index (χ1v) is 6.14. The standard InChI is InChI=1S/C15H19N3/c1-12(13-8-4-2-5-9-13)17-18-15(16)14-10-6-3-7-11-14/h2-12,15,17-18H,16H2,1H3. The van der Waals surface area contributed by atoms with Gasteiger partial charge in [-0.25, -0.2) is 10.9 Å². The molecule has 2 rings (SSSR count). The van der Waals surface area contributed by atoms with Crippen LogP contribution in [0.15, 0.2) is 60.7 Å². The van der Waals surface area contributed by atoms with Crippen molar-refractivity contribution in [2.75, 3.05) is 0 Å². The van der Waals surface area contributed by atoms with Crippen LogP contribution in [-0.2, 0) is 0 Å². The Morgan fingerprint density at radius 1 is 0.778 bits per heavy atom. The van der Waals surface area contributed by atoms with E-state index in [-0.39, 0.29) is 12.2 Å². The van der Waals surface area contributed by atoms with Crippen molar-refractivity contribution in [2.24, 2.45) is 5.73 Å². The van der Waals surface area contributed by atoms with Crippen LogP contribution in [0.3, 0.4) is 0 Å². The molecule has 0 fully saturated rings. The van der Waals surface area contributed by atoms with Gasteiger partial charge >= 0.3 is 0 Å². The van der Waals surface area contributed by atoms with Gasteiger partial charge in [0.2, 0.25) is 0 Å². The molecular weight excluding hydrogens is 222 g/mol. The molecule has 2 atom stereocenters. The summed E-state index contributed by atoms with van der Waals surface area (Å²) >= 11 is 0. The highest BCUT2D eigenvalue weighted by atomic mass is 15.4. The smallest absolute Gasteiger partial charge is 0.0938 e. The molecule has 2 unspecified atom stereocenters. The van der Waals surface area contributed by atoms with E-state index in [2.05, 4.69) is 29.9 Å². The molecule has 0 heterocycles. The third-order valence-electron chi connectivity index (χ3n) is 2.91. The van der Waals surface area contributed by atoms with Crippen LogP contribution in [0, 0.1) is 0 Å². The predicted octanol–water partition coefficient (Wildman–Crippen LogP) is 2.50. The van der Waals surface area contributed by atoms with E-state index in [0.29, 0.717) is 0 Å². The number of benzene rings is 2. The zero-order valence-electron chi connectivity index (χ0n) is 10.5. The van der Waals surface area contributed by atoms with E-state index in [1.807, 2.05) is 48.5 Å². The molecule has 18 heavy (non-hydrogen) atoms. The maximum absolute atomic E-state index is 6.05. The minimum absolute atomic E-state index is 0.209. The molecule has 2 aromatic rings. The molecule has 3 heteroatoms. The summed E-state index contributed by atoms with van der Waals surface area (Å²) in [5.41, 5.74) is 14.7. The number of hydrogen-bond acceptors (Lipinski definition) is 3. The largest absolute Gasteiger partial charge is 0.311 e. The fourth-order valence-corrected chi connectivity index (χ4v) is 1.78. The normalized spacial score (nSPS) is 14.1. The van der Waals surface area contributed by atoms with E-state index in [9.17, 15) is 0 Å². The molecule has 4 N–H and O–H groups in total. The summed E-state index contributed by atoms with van der Waals surface area (Å²) in [6, 6.07) is 20.4. The van der Waals surface area contributed by atoms with E-state index >= 15 is 0 Å². The molecule has 0 spiro atoms. The molecule has 94 valence electrons. The average molecular weight is 241 g/mol. The first-order chi connectivity index (χ1) is 8.77. The molecule has 0 saturated heterocycles. The van der Waals surface area contributed by atoms with Gasteiger partial charge in [-0.3, -0.25) is 0 Å². The Morgan fingerprint density at radius 2 is 1.28 bits per heavy atom. The topological polar surface area (TPSA) is 50.1 Å². The first kappa shape index (κ1) is 12.8. The van der Waals surface area contributed by atoms with E-state index in [0.717, 1.165) is 5.56 Å². The van der Waals surface area contributed by atoms with Crippen molar-refractivity contribution in [3.05, 3.63) is 71.8 Å². The molecule has 0 aliphatic rings. The molecule has 3 nitrogen and oxygen atoms in total. The summed E-state index contributed by atoms with van der Waals surface area (Å²) in [4.78, 5) is 0. The number of rotatable bonds is 5. The maximum atomic E-state index is 6.05. The Bertz CT molecular complexity index is 410. The Kier molecular flexibility index (Phi) is 4.47. The minimum atomic E-state index is -0.211. The van der Waals surface area contributed by atoms with Gasteiger partial charge in [0, 0.05) is 6.04 Å². The molecule has 0 amide bonds. The summed E-state index contributed by atoms with van der Waals surface area (Å²) in [7, 11) is 0. The van der Waals surface area contributed by atoms with Crippen molar-refractivity contribution in [2.45, 2.75) is 19.1 Å². The van der Waals surface area contributed by atoms with Crippen molar-refractivity contribution >= 4 is 0 Å². The van der Waals surface area contributed by atoms with Crippen molar-refractivity contribution in [1.29, 1.82) is 0 Å². The zero-order valence-corrected chi connectivity index (χ0v) is 10.5. The summed E-state index contributed by atoms with van der Waals surface area (Å²) in [6.45, 7) is 2.10. The summed E-state index contributed by atoms with van der Waals surface area (Å²) in [6.07, 6.45) is -0.211. The number of hydrogen-bond donors (Lipinski definition) is 3. The lowest BCUT2D eigenvalue weighted by atomic mass is 10.1. The van der Waals surface area contributed by atoms with Gasteiger partial charge in [0.1, 0.15) is 0 Å². The number of hydrazine groups is 1. The van der Waals surface area contributed by atoms with Crippen molar-refractivity contribution in [1.82, 2.24) is 10.9 Å². The highest BCUT2D eigenvalue weighted by Crippen LogP contribution is 2.11. The minimum Gasteiger partial charge on any atom is -0.311 e. The molecule has 0 saturated carbocycles. The van der Waals surface area contributed by atoms with Crippen LogP contribution in [-0.4, -0.2) is 0 Å². The van der Waals surface area contributed by atoms with Gasteiger partial charge in [-0.15, -0.1) is 0 Å². The second kappa shape index (κ2) is 6.31. The van der Waals surface area contributed by atoms with Crippen LogP contribution in [0.5, 0.6) is 0 Å². The Hall–Kier alpha value is -1.68. The SMILES string of the molecule is CC(NNC(N)c1ccccc1)c1ccccc1. The lowest BCUT2D eigenvalue weighted by molar-refractivity contribution is 0.400. The predicted molar refractivity (Wildman–Crippen MR) is 74.5 cm³/mol. The van der Waals surface area contributed by atoms with Crippen molar-refractivity contribution in [3.63, 3.8) is 0 Å². The second-order valence-electron chi connectivity index (χ2n) is 4.31. The molecule has 0 aromatic heterocycles. The van der Waals surface area contributed by atoms with Crippen LogP contribution in [0.25, 0.3) is 0 Å². The average Bonchev–Trinajstić information content (AvgIpc) is 2.46. The van der Waals surface area contributed by atoms with Crippen LogP contribution in [0.2, 0.25) is 0 Å². The quantitative estimate of drug-likeness (QED) is 0.557. The van der Waals surface area contributed by atoms with Gasteiger partial charge in [-0.2, -0.15) is 0 Å². The Balaban J connectivity index is 1.89.